The molecular formula is C15H14F2N2O4S. The first kappa shape index (κ1) is 16.7. The van der Waals surface area contributed by atoms with Crippen LogP contribution in [0.15, 0.2) is 35.4 Å². The summed E-state index contributed by atoms with van der Waals surface area (Å²) in [6, 6.07) is 4.29. The van der Waals surface area contributed by atoms with Gasteiger partial charge in [-0.15, -0.1) is 0 Å². The molecule has 1 saturated heterocycles. The van der Waals surface area contributed by atoms with Crippen molar-refractivity contribution in [1.82, 2.24) is 9.29 Å². The quantitative estimate of drug-likeness (QED) is 0.909. The van der Waals surface area contributed by atoms with Crippen molar-refractivity contribution >= 4 is 26.9 Å². The normalized spacial score (nSPS) is 21.2. The van der Waals surface area contributed by atoms with Crippen molar-refractivity contribution in [3.05, 3.63) is 36.0 Å². The largest absolute Gasteiger partial charge is 0.480 e. The first-order chi connectivity index (χ1) is 11.1. The molecule has 128 valence electrons. The Hall–Kier alpha value is -2.13. The minimum absolute atomic E-state index is 0.127. The van der Waals surface area contributed by atoms with Crippen LogP contribution in [0.25, 0.3) is 10.9 Å². The lowest BCUT2D eigenvalue weighted by atomic mass is 10.2. The number of carboxylic acids is 1. The minimum Gasteiger partial charge on any atom is -0.480 e. The number of pyridine rings is 1. The number of hydrogen-bond acceptors (Lipinski definition) is 4. The Labute approximate surface area is 136 Å². The maximum atomic E-state index is 13.6. The molecule has 0 saturated carbocycles. The molecule has 1 aliphatic heterocycles. The summed E-state index contributed by atoms with van der Waals surface area (Å²) in [5, 5.41) is 9.66. The molecule has 24 heavy (non-hydrogen) atoms. The fourth-order valence-electron chi connectivity index (χ4n) is 2.83. The van der Waals surface area contributed by atoms with Crippen molar-refractivity contribution in [2.24, 2.45) is 0 Å². The summed E-state index contributed by atoms with van der Waals surface area (Å²) in [6.45, 7) is 0.629. The number of rotatable bonds is 3. The molecule has 2 aromatic rings. The lowest BCUT2D eigenvalue weighted by Gasteiger charge is -2.21. The van der Waals surface area contributed by atoms with Gasteiger partial charge in [0.15, 0.2) is 0 Å². The van der Waals surface area contributed by atoms with E-state index in [-0.39, 0.29) is 10.4 Å². The van der Waals surface area contributed by atoms with Crippen molar-refractivity contribution in [2.75, 3.05) is 6.54 Å². The van der Waals surface area contributed by atoms with E-state index >= 15 is 0 Å². The number of sulfonamides is 1. The molecule has 1 N–H and O–H groups in total. The molecular weight excluding hydrogens is 342 g/mol. The number of benzene rings is 1. The Balaban J connectivity index is 2.16. The van der Waals surface area contributed by atoms with Gasteiger partial charge in [0.25, 0.3) is 5.92 Å². The lowest BCUT2D eigenvalue weighted by Crippen LogP contribution is -2.40. The lowest BCUT2D eigenvalue weighted by molar-refractivity contribution is -0.141. The van der Waals surface area contributed by atoms with Gasteiger partial charge in [-0.25, -0.2) is 17.2 Å². The zero-order valence-electron chi connectivity index (χ0n) is 12.6. The van der Waals surface area contributed by atoms with E-state index in [1.165, 1.54) is 18.3 Å². The smallest absolute Gasteiger partial charge is 0.322 e. The van der Waals surface area contributed by atoms with Gasteiger partial charge in [-0.3, -0.25) is 9.78 Å². The van der Waals surface area contributed by atoms with Gasteiger partial charge in [0.05, 0.1) is 12.1 Å². The van der Waals surface area contributed by atoms with Crippen LogP contribution in [-0.4, -0.2) is 47.3 Å². The number of aryl methyl sites for hydroxylation is 1. The topological polar surface area (TPSA) is 87.6 Å². The van der Waals surface area contributed by atoms with Crippen LogP contribution in [0, 0.1) is 6.92 Å². The minimum atomic E-state index is -4.43. The Morgan fingerprint density at radius 2 is 2.12 bits per heavy atom. The second-order valence-electron chi connectivity index (χ2n) is 5.80. The van der Waals surface area contributed by atoms with Crippen molar-refractivity contribution in [3.8, 4) is 0 Å². The summed E-state index contributed by atoms with van der Waals surface area (Å²) < 4.78 is 53.3. The van der Waals surface area contributed by atoms with Gasteiger partial charge in [-0.05, 0) is 24.6 Å². The first-order valence-electron chi connectivity index (χ1n) is 7.10. The summed E-state index contributed by atoms with van der Waals surface area (Å²) in [7, 11) is -4.43. The Morgan fingerprint density at radius 1 is 1.42 bits per heavy atom. The van der Waals surface area contributed by atoms with Gasteiger partial charge in [-0.2, -0.15) is 4.31 Å². The van der Waals surface area contributed by atoms with E-state index in [1.807, 2.05) is 0 Å². The van der Waals surface area contributed by atoms with E-state index in [2.05, 4.69) is 4.98 Å². The molecule has 1 aromatic heterocycles. The molecule has 1 fully saturated rings. The van der Waals surface area contributed by atoms with Gasteiger partial charge >= 0.3 is 5.97 Å². The summed E-state index contributed by atoms with van der Waals surface area (Å²) in [5.41, 5.74) is 0.940. The van der Waals surface area contributed by atoms with Crippen LogP contribution in [-0.2, 0) is 14.8 Å². The fraction of sp³-hybridized carbons (Fsp3) is 0.333. The van der Waals surface area contributed by atoms with Crippen molar-refractivity contribution < 1.29 is 27.1 Å². The van der Waals surface area contributed by atoms with E-state index in [4.69, 9.17) is 5.11 Å². The van der Waals surface area contributed by atoms with E-state index in [0.29, 0.717) is 9.69 Å². The van der Waals surface area contributed by atoms with Gasteiger partial charge in [0, 0.05) is 18.0 Å². The van der Waals surface area contributed by atoms with Gasteiger partial charge < -0.3 is 5.11 Å². The Bertz CT molecular complexity index is 930. The molecule has 0 bridgehead atoms. The average molecular weight is 356 g/mol. The molecule has 6 nitrogen and oxygen atoms in total. The van der Waals surface area contributed by atoms with E-state index in [0.717, 1.165) is 5.56 Å². The van der Waals surface area contributed by atoms with Crippen molar-refractivity contribution in [2.45, 2.75) is 30.2 Å². The fourth-order valence-corrected chi connectivity index (χ4v) is 4.60. The maximum absolute atomic E-state index is 13.6. The van der Waals surface area contributed by atoms with Crippen LogP contribution in [0.2, 0.25) is 0 Å². The van der Waals surface area contributed by atoms with Crippen molar-refractivity contribution in [3.63, 3.8) is 0 Å². The Morgan fingerprint density at radius 3 is 2.79 bits per heavy atom. The van der Waals surface area contributed by atoms with E-state index in [9.17, 15) is 22.0 Å². The van der Waals surface area contributed by atoms with Crippen LogP contribution in [0.4, 0.5) is 8.78 Å². The molecule has 0 spiro atoms. The highest BCUT2D eigenvalue weighted by Gasteiger charge is 2.53. The SMILES string of the molecule is Cc1cnc2c(S(=O)(=O)N3CC(F)(F)C[C@@H]3C(=O)O)cccc2c1. The highest BCUT2D eigenvalue weighted by molar-refractivity contribution is 7.89. The predicted octanol–water partition coefficient (Wildman–Crippen LogP) is 2.03. The molecule has 2 heterocycles. The number of para-hydroxylation sites is 1. The third-order valence-corrected chi connectivity index (χ3v) is 5.80. The Kier molecular flexibility index (Phi) is 3.80. The molecule has 0 unspecified atom stereocenters. The van der Waals surface area contributed by atoms with Crippen LogP contribution in [0.1, 0.15) is 12.0 Å². The standard InChI is InChI=1S/C15H14F2N2O4S/c1-9-5-10-3-2-4-12(13(10)18-7-9)24(22,23)19-8-15(16,17)6-11(19)14(20)21/h2-5,7,11H,6,8H2,1H3,(H,20,21)/t11-/m1/s1. The van der Waals surface area contributed by atoms with Gasteiger partial charge in [0.1, 0.15) is 10.9 Å². The van der Waals surface area contributed by atoms with Crippen LogP contribution in [0.5, 0.6) is 0 Å². The highest BCUT2D eigenvalue weighted by Crippen LogP contribution is 2.37. The number of carbonyl (C=O) groups is 1. The second kappa shape index (κ2) is 5.45. The maximum Gasteiger partial charge on any atom is 0.322 e. The molecule has 0 radical (unpaired) electrons. The molecule has 9 heteroatoms. The number of aliphatic carboxylic acids is 1. The average Bonchev–Trinajstić information content (AvgIpc) is 2.83. The number of fused-ring (bicyclic) bond motifs is 1. The highest BCUT2D eigenvalue weighted by atomic mass is 32.2. The number of halogens is 2. The molecule has 1 atom stereocenters. The molecule has 0 aliphatic carbocycles. The van der Waals surface area contributed by atoms with E-state index < -0.39 is 40.9 Å². The number of hydrogen-bond donors (Lipinski definition) is 1. The third kappa shape index (κ3) is 2.73. The van der Waals surface area contributed by atoms with Gasteiger partial charge in [-0.1, -0.05) is 12.1 Å². The summed E-state index contributed by atoms with van der Waals surface area (Å²) in [5.74, 6) is -4.98. The zero-order chi connectivity index (χ0) is 17.7. The number of carboxylic acid groups (broad SMARTS) is 1. The van der Waals surface area contributed by atoms with Crippen LogP contribution in [0.3, 0.4) is 0 Å². The first-order valence-corrected chi connectivity index (χ1v) is 8.54. The monoisotopic (exact) mass is 356 g/mol. The van der Waals surface area contributed by atoms with Crippen molar-refractivity contribution in [1.29, 1.82) is 0 Å². The third-order valence-electron chi connectivity index (χ3n) is 3.91. The number of nitrogens with zero attached hydrogens (tertiary/aromatic N) is 2. The van der Waals surface area contributed by atoms with Crippen LogP contribution >= 0.6 is 0 Å². The summed E-state index contributed by atoms with van der Waals surface area (Å²) >= 11 is 0. The molecule has 1 aliphatic rings. The molecule has 0 amide bonds. The zero-order valence-corrected chi connectivity index (χ0v) is 13.4. The molecule has 3 rings (SSSR count). The summed E-state index contributed by atoms with van der Waals surface area (Å²) in [6.07, 6.45) is 0.424. The van der Waals surface area contributed by atoms with E-state index in [1.54, 1.807) is 19.1 Å². The number of alkyl halides is 2. The van der Waals surface area contributed by atoms with Gasteiger partial charge in [0.2, 0.25) is 10.0 Å². The van der Waals surface area contributed by atoms with Crippen LogP contribution < -0.4 is 0 Å². The summed E-state index contributed by atoms with van der Waals surface area (Å²) in [4.78, 5) is 15.0. The molecule has 1 aromatic carbocycles. The number of aromatic nitrogens is 1. The second-order valence-corrected chi connectivity index (χ2v) is 7.66. The predicted molar refractivity (Wildman–Crippen MR) is 81.4 cm³/mol.